The summed E-state index contributed by atoms with van der Waals surface area (Å²) in [6.45, 7) is 1.76. The van der Waals surface area contributed by atoms with Crippen molar-refractivity contribution in [3.63, 3.8) is 0 Å². The molecule has 21 heavy (non-hydrogen) atoms. The molecule has 0 atom stereocenters. The molecule has 0 aliphatic heterocycles. The van der Waals surface area contributed by atoms with E-state index in [0.717, 1.165) is 5.56 Å². The first-order valence-corrected chi connectivity index (χ1v) is 6.40. The maximum Gasteiger partial charge on any atom is 0.278 e. The van der Waals surface area contributed by atoms with Gasteiger partial charge in [-0.15, -0.1) is 0 Å². The number of imidazole rings is 1. The fraction of sp³-hybridized carbons (Fsp3) is 0.143. The van der Waals surface area contributed by atoms with Crippen LogP contribution in [-0.2, 0) is 11.3 Å². The number of hydrogen-bond acceptors (Lipinski definition) is 4. The second kappa shape index (κ2) is 5.20. The number of rotatable bonds is 3. The second-order valence-electron chi connectivity index (χ2n) is 4.58. The molecule has 0 aliphatic carbocycles. The number of nitrogens with one attached hydrogen (secondary N) is 2. The van der Waals surface area contributed by atoms with Gasteiger partial charge in [-0.1, -0.05) is 30.3 Å². The first kappa shape index (κ1) is 13.0. The van der Waals surface area contributed by atoms with Crippen LogP contribution < -0.4 is 10.5 Å². The molecule has 0 bridgehead atoms. The van der Waals surface area contributed by atoms with Crippen molar-refractivity contribution >= 4 is 23.0 Å². The van der Waals surface area contributed by atoms with Crippen LogP contribution in [0.2, 0.25) is 0 Å². The molecule has 0 unspecified atom stereocenters. The van der Waals surface area contributed by atoms with Gasteiger partial charge in [0.25, 0.3) is 5.56 Å². The van der Waals surface area contributed by atoms with Crippen molar-refractivity contribution in [3.8, 4) is 0 Å². The van der Waals surface area contributed by atoms with Crippen molar-refractivity contribution in [3.05, 3.63) is 52.6 Å². The van der Waals surface area contributed by atoms with E-state index in [1.165, 1.54) is 18.2 Å². The number of anilines is 1. The molecule has 0 saturated heterocycles. The van der Waals surface area contributed by atoms with Crippen LogP contribution in [0, 0.1) is 0 Å². The second-order valence-corrected chi connectivity index (χ2v) is 4.58. The van der Waals surface area contributed by atoms with E-state index >= 15 is 0 Å². The van der Waals surface area contributed by atoms with Gasteiger partial charge in [-0.2, -0.15) is 4.98 Å². The highest BCUT2D eigenvalue weighted by Gasteiger charge is 2.16. The van der Waals surface area contributed by atoms with Crippen molar-refractivity contribution in [1.29, 1.82) is 0 Å². The number of carbonyl (C=O) groups excluding carboxylic acids is 1. The number of amides is 1. The summed E-state index contributed by atoms with van der Waals surface area (Å²) >= 11 is 0. The number of hydrogen-bond donors (Lipinski definition) is 2. The molecule has 106 valence electrons. The quantitative estimate of drug-likeness (QED) is 0.755. The molecule has 2 heterocycles. The Labute approximate surface area is 119 Å². The summed E-state index contributed by atoms with van der Waals surface area (Å²) in [7, 11) is 0. The third kappa shape index (κ3) is 2.53. The molecule has 0 radical (unpaired) electrons. The van der Waals surface area contributed by atoms with E-state index in [0.29, 0.717) is 12.1 Å². The van der Waals surface area contributed by atoms with Crippen molar-refractivity contribution in [2.24, 2.45) is 0 Å². The number of benzene rings is 1. The molecular formula is C14H13N5O2. The zero-order valence-corrected chi connectivity index (χ0v) is 11.3. The van der Waals surface area contributed by atoms with E-state index in [9.17, 15) is 9.59 Å². The van der Waals surface area contributed by atoms with E-state index in [1.54, 1.807) is 0 Å². The van der Waals surface area contributed by atoms with Gasteiger partial charge in [0, 0.05) is 6.92 Å². The number of H-pyrrole nitrogens is 2. The van der Waals surface area contributed by atoms with E-state index in [1.807, 2.05) is 30.3 Å². The third-order valence-corrected chi connectivity index (χ3v) is 3.10. The fourth-order valence-electron chi connectivity index (χ4n) is 2.06. The van der Waals surface area contributed by atoms with Gasteiger partial charge in [0.05, 0.1) is 12.9 Å². The Bertz CT molecular complexity index is 837. The van der Waals surface area contributed by atoms with Crippen molar-refractivity contribution in [2.75, 3.05) is 4.90 Å². The summed E-state index contributed by atoms with van der Waals surface area (Å²) in [5.41, 5.74) is 1.17. The largest absolute Gasteiger partial charge is 0.339 e. The van der Waals surface area contributed by atoms with Gasteiger partial charge in [-0.25, -0.2) is 4.98 Å². The van der Waals surface area contributed by atoms with Gasteiger partial charge >= 0.3 is 0 Å². The third-order valence-electron chi connectivity index (χ3n) is 3.10. The molecule has 2 N–H and O–H groups in total. The molecule has 7 heteroatoms. The first-order chi connectivity index (χ1) is 10.1. The van der Waals surface area contributed by atoms with Crippen molar-refractivity contribution in [2.45, 2.75) is 13.5 Å². The Morgan fingerprint density at radius 2 is 2.05 bits per heavy atom. The normalized spacial score (nSPS) is 10.7. The topological polar surface area (TPSA) is 94.7 Å². The summed E-state index contributed by atoms with van der Waals surface area (Å²) < 4.78 is 0. The fourth-order valence-corrected chi connectivity index (χ4v) is 2.06. The monoisotopic (exact) mass is 283 g/mol. The van der Waals surface area contributed by atoms with Gasteiger partial charge in [0.2, 0.25) is 11.9 Å². The van der Waals surface area contributed by atoms with Gasteiger partial charge in [0.1, 0.15) is 0 Å². The average molecular weight is 283 g/mol. The van der Waals surface area contributed by atoms with Crippen LogP contribution in [0.4, 0.5) is 5.95 Å². The molecule has 1 aromatic carbocycles. The summed E-state index contributed by atoms with van der Waals surface area (Å²) in [5.74, 6) is -0.0205. The molecule has 0 saturated carbocycles. The van der Waals surface area contributed by atoms with Gasteiger partial charge < -0.3 is 4.98 Å². The predicted molar refractivity (Wildman–Crippen MR) is 77.8 cm³/mol. The number of aromatic amines is 2. The van der Waals surface area contributed by atoms with Crippen molar-refractivity contribution < 1.29 is 4.79 Å². The molecule has 7 nitrogen and oxygen atoms in total. The van der Waals surface area contributed by atoms with Crippen LogP contribution in [0.3, 0.4) is 0 Å². The Hall–Kier alpha value is -2.96. The lowest BCUT2D eigenvalue weighted by atomic mass is 10.2. The molecule has 3 rings (SSSR count). The van der Waals surface area contributed by atoms with Crippen molar-refractivity contribution in [1.82, 2.24) is 19.9 Å². The predicted octanol–water partition coefficient (Wildman–Crippen LogP) is 1.20. The first-order valence-electron chi connectivity index (χ1n) is 6.40. The highest BCUT2D eigenvalue weighted by Crippen LogP contribution is 2.13. The Kier molecular flexibility index (Phi) is 3.23. The lowest BCUT2D eigenvalue weighted by Crippen LogP contribution is -2.31. The highest BCUT2D eigenvalue weighted by atomic mass is 16.2. The molecular weight excluding hydrogens is 270 g/mol. The molecule has 0 fully saturated rings. The number of nitrogens with zero attached hydrogens (tertiary/aromatic N) is 3. The Morgan fingerprint density at radius 1 is 1.29 bits per heavy atom. The Balaban J connectivity index is 2.03. The molecule has 1 amide bonds. The van der Waals surface area contributed by atoms with Crippen LogP contribution in [0.25, 0.3) is 11.2 Å². The smallest absolute Gasteiger partial charge is 0.278 e. The van der Waals surface area contributed by atoms with E-state index in [4.69, 9.17) is 0 Å². The van der Waals surface area contributed by atoms with Crippen LogP contribution in [0.5, 0.6) is 0 Å². The number of aromatic nitrogens is 4. The lowest BCUT2D eigenvalue weighted by molar-refractivity contribution is -0.116. The maximum absolute atomic E-state index is 11.9. The number of carbonyl (C=O) groups is 1. The standard InChI is InChI=1S/C14H13N5O2/c1-9(20)19(7-10-5-3-2-4-6-10)14-17-12-11(13(21)18-14)15-8-16-12/h2-6,8H,7H2,1H3,(H2,15,16,17,18,21). The van der Waals surface area contributed by atoms with Crippen LogP contribution in [-0.4, -0.2) is 25.8 Å². The van der Waals surface area contributed by atoms with E-state index < -0.39 is 0 Å². The van der Waals surface area contributed by atoms with E-state index in [-0.39, 0.29) is 23.1 Å². The molecule has 0 spiro atoms. The van der Waals surface area contributed by atoms with Gasteiger partial charge in [-0.3, -0.25) is 19.5 Å². The molecule has 0 aliphatic rings. The summed E-state index contributed by atoms with van der Waals surface area (Å²) in [5, 5.41) is 0. The minimum absolute atomic E-state index is 0.191. The minimum atomic E-state index is -0.355. The summed E-state index contributed by atoms with van der Waals surface area (Å²) in [6, 6.07) is 9.49. The zero-order valence-electron chi connectivity index (χ0n) is 11.3. The SMILES string of the molecule is CC(=O)N(Cc1ccccc1)c1nc2nc[nH]c2c(=O)[nH]1. The lowest BCUT2D eigenvalue weighted by Gasteiger charge is -2.19. The number of fused-ring (bicyclic) bond motifs is 1. The van der Waals surface area contributed by atoms with Crippen LogP contribution in [0.15, 0.2) is 41.5 Å². The van der Waals surface area contributed by atoms with E-state index in [2.05, 4.69) is 19.9 Å². The molecule has 3 aromatic rings. The van der Waals surface area contributed by atoms with Crippen LogP contribution in [0.1, 0.15) is 12.5 Å². The zero-order chi connectivity index (χ0) is 14.8. The summed E-state index contributed by atoms with van der Waals surface area (Å²) in [6.07, 6.45) is 1.39. The van der Waals surface area contributed by atoms with Crippen LogP contribution >= 0.6 is 0 Å². The maximum atomic E-state index is 11.9. The van der Waals surface area contributed by atoms with Gasteiger partial charge in [0.15, 0.2) is 11.2 Å². The Morgan fingerprint density at radius 3 is 2.76 bits per heavy atom. The summed E-state index contributed by atoms with van der Waals surface area (Å²) in [4.78, 5) is 38.7. The molecule has 2 aromatic heterocycles. The minimum Gasteiger partial charge on any atom is -0.339 e. The van der Waals surface area contributed by atoms with Gasteiger partial charge in [-0.05, 0) is 5.56 Å². The average Bonchev–Trinajstić information content (AvgIpc) is 2.94. The highest BCUT2D eigenvalue weighted by molar-refractivity contribution is 5.90.